The van der Waals surface area contributed by atoms with Gasteiger partial charge >= 0.3 is 6.09 Å². The first-order valence-corrected chi connectivity index (χ1v) is 13.0. The third-order valence-corrected chi connectivity index (χ3v) is 6.77. The summed E-state index contributed by atoms with van der Waals surface area (Å²) in [6.45, 7) is 2.31. The topological polar surface area (TPSA) is 157 Å². The van der Waals surface area contributed by atoms with E-state index in [1.165, 1.54) is 30.4 Å². The average Bonchev–Trinajstić information content (AvgIpc) is 3.61. The second-order valence-corrected chi connectivity index (χ2v) is 9.72. The molecule has 0 bridgehead atoms. The van der Waals surface area contributed by atoms with Gasteiger partial charge in [-0.25, -0.2) is 14.8 Å². The molecule has 5 aromatic rings. The van der Waals surface area contributed by atoms with E-state index in [-0.39, 0.29) is 36.2 Å². The molecule has 4 heterocycles. The minimum atomic E-state index is -1.14. The first-order chi connectivity index (χ1) is 19.7. The van der Waals surface area contributed by atoms with Crippen molar-refractivity contribution in [2.45, 2.75) is 13.5 Å². The van der Waals surface area contributed by atoms with Crippen molar-refractivity contribution < 1.29 is 14.6 Å². The molecule has 15 heteroatoms. The number of carboxylic acid groups (broad SMARTS) is 1. The Hall–Kier alpha value is -4.59. The summed E-state index contributed by atoms with van der Waals surface area (Å²) in [7, 11) is 1.49. The summed E-state index contributed by atoms with van der Waals surface area (Å²) in [6.07, 6.45) is 1.81. The van der Waals surface area contributed by atoms with Gasteiger partial charge in [0.1, 0.15) is 28.8 Å². The van der Waals surface area contributed by atoms with E-state index in [0.29, 0.717) is 44.6 Å². The SMILES string of the molecule is COCCN(C(=O)O)c1ccc(-c2nc(Cn3c(C)cc(-c4cc(Cl)ccc4-n4cnnn4)cc3=O)[nH]c2Cl)cn1. The van der Waals surface area contributed by atoms with Gasteiger partial charge in [0.25, 0.3) is 5.56 Å². The molecule has 13 nitrogen and oxygen atoms in total. The number of pyridine rings is 2. The molecule has 5 rings (SSSR count). The number of hydrogen-bond acceptors (Lipinski definition) is 8. The smallest absolute Gasteiger partial charge is 0.413 e. The Labute approximate surface area is 243 Å². The number of benzene rings is 1. The molecule has 1 aromatic carbocycles. The van der Waals surface area contributed by atoms with Crippen LogP contribution < -0.4 is 10.5 Å². The molecule has 0 saturated heterocycles. The van der Waals surface area contributed by atoms with Gasteiger partial charge in [-0.15, -0.1) is 5.10 Å². The Morgan fingerprint density at radius 3 is 2.63 bits per heavy atom. The quantitative estimate of drug-likeness (QED) is 0.256. The van der Waals surface area contributed by atoms with Crippen LogP contribution in [0.3, 0.4) is 0 Å². The highest BCUT2D eigenvalue weighted by molar-refractivity contribution is 6.32. The molecule has 210 valence electrons. The molecule has 0 aliphatic carbocycles. The van der Waals surface area contributed by atoms with Crippen molar-refractivity contribution in [3.63, 3.8) is 0 Å². The molecule has 0 spiro atoms. The van der Waals surface area contributed by atoms with Crippen molar-refractivity contribution in [3.8, 4) is 28.1 Å². The van der Waals surface area contributed by atoms with Crippen LogP contribution >= 0.6 is 23.2 Å². The van der Waals surface area contributed by atoms with Crippen LogP contribution in [0.2, 0.25) is 10.2 Å². The Kier molecular flexibility index (Phi) is 8.10. The van der Waals surface area contributed by atoms with Gasteiger partial charge in [0.15, 0.2) is 0 Å². The number of ether oxygens (including phenoxy) is 1. The molecule has 0 radical (unpaired) electrons. The third kappa shape index (κ3) is 5.96. The Balaban J connectivity index is 1.41. The van der Waals surface area contributed by atoms with Crippen LogP contribution in [-0.4, -0.2) is 71.2 Å². The first-order valence-electron chi connectivity index (χ1n) is 12.2. The number of hydrogen-bond donors (Lipinski definition) is 2. The van der Waals surface area contributed by atoms with Gasteiger partial charge in [0.2, 0.25) is 0 Å². The maximum Gasteiger partial charge on any atom is 0.413 e. The van der Waals surface area contributed by atoms with Gasteiger partial charge in [-0.1, -0.05) is 23.2 Å². The number of methoxy groups -OCH3 is 1. The lowest BCUT2D eigenvalue weighted by Gasteiger charge is -2.17. The number of amides is 1. The normalized spacial score (nSPS) is 11.1. The number of aryl methyl sites for hydroxylation is 1. The van der Waals surface area contributed by atoms with Crippen LogP contribution in [0.5, 0.6) is 0 Å². The van der Waals surface area contributed by atoms with E-state index in [9.17, 15) is 14.7 Å². The number of nitrogens with zero attached hydrogens (tertiary/aromatic N) is 8. The van der Waals surface area contributed by atoms with Crippen LogP contribution in [0.4, 0.5) is 10.6 Å². The number of aromatic nitrogens is 8. The van der Waals surface area contributed by atoms with Gasteiger partial charge in [-0.3, -0.25) is 9.69 Å². The van der Waals surface area contributed by atoms with E-state index in [1.807, 2.05) is 13.0 Å². The van der Waals surface area contributed by atoms with Gasteiger partial charge in [0.05, 0.1) is 25.4 Å². The molecule has 0 saturated carbocycles. The zero-order valence-corrected chi connectivity index (χ0v) is 23.3. The van der Waals surface area contributed by atoms with Crippen molar-refractivity contribution in [1.29, 1.82) is 0 Å². The number of aromatic amines is 1. The van der Waals surface area contributed by atoms with Gasteiger partial charge < -0.3 is 19.4 Å². The van der Waals surface area contributed by atoms with E-state index in [0.717, 1.165) is 4.90 Å². The molecule has 0 unspecified atom stereocenters. The molecule has 41 heavy (non-hydrogen) atoms. The monoisotopic (exact) mass is 595 g/mol. The summed E-state index contributed by atoms with van der Waals surface area (Å²) >= 11 is 12.7. The lowest BCUT2D eigenvalue weighted by molar-refractivity contribution is 0.186. The summed E-state index contributed by atoms with van der Waals surface area (Å²) in [5.74, 6) is 0.701. The standard InChI is InChI=1S/C26H23Cl2N9O4/c1-15-9-17(19-11-18(27)4-5-20(19)37-14-30-33-34-37)10-23(38)36(15)13-21-31-24(25(28)32-21)16-3-6-22(29-12-16)35(26(39)40)7-8-41-2/h3-6,9-12,14H,7-8,13H2,1-2H3,(H,31,32)(H,39,40). The summed E-state index contributed by atoms with van der Waals surface area (Å²) in [4.78, 5) is 37.8. The maximum atomic E-state index is 13.3. The van der Waals surface area contributed by atoms with E-state index in [4.69, 9.17) is 27.9 Å². The number of tetrazole rings is 1. The van der Waals surface area contributed by atoms with Gasteiger partial charge in [-0.05, 0) is 59.3 Å². The van der Waals surface area contributed by atoms with E-state index < -0.39 is 6.09 Å². The largest absolute Gasteiger partial charge is 0.465 e. The number of carbonyl (C=O) groups is 1. The molecule has 0 aliphatic heterocycles. The number of rotatable bonds is 9. The number of H-pyrrole nitrogens is 1. The molecular formula is C26H23Cl2N9O4. The minimum absolute atomic E-state index is 0.134. The Morgan fingerprint density at radius 2 is 1.98 bits per heavy atom. The summed E-state index contributed by atoms with van der Waals surface area (Å²) in [6, 6.07) is 11.9. The zero-order chi connectivity index (χ0) is 29.1. The molecule has 0 atom stereocenters. The number of imidazole rings is 1. The molecule has 0 aliphatic rings. The van der Waals surface area contributed by atoms with Crippen molar-refractivity contribution in [2.24, 2.45) is 0 Å². The average molecular weight is 596 g/mol. The molecule has 1 amide bonds. The summed E-state index contributed by atoms with van der Waals surface area (Å²) < 4.78 is 8.03. The van der Waals surface area contributed by atoms with E-state index >= 15 is 0 Å². The Morgan fingerprint density at radius 1 is 1.15 bits per heavy atom. The lowest BCUT2D eigenvalue weighted by atomic mass is 10.0. The minimum Gasteiger partial charge on any atom is -0.465 e. The van der Waals surface area contributed by atoms with Crippen molar-refractivity contribution >= 4 is 35.1 Å². The van der Waals surface area contributed by atoms with Crippen LogP contribution in [-0.2, 0) is 11.3 Å². The molecule has 2 N–H and O–H groups in total. The van der Waals surface area contributed by atoms with Gasteiger partial charge in [0, 0.05) is 41.2 Å². The highest BCUT2D eigenvalue weighted by Crippen LogP contribution is 2.30. The molecular weight excluding hydrogens is 573 g/mol. The van der Waals surface area contributed by atoms with Crippen LogP contribution in [0.1, 0.15) is 11.5 Å². The lowest BCUT2D eigenvalue weighted by Crippen LogP contribution is -2.33. The highest BCUT2D eigenvalue weighted by atomic mass is 35.5. The van der Waals surface area contributed by atoms with Crippen LogP contribution in [0.15, 0.2) is 59.8 Å². The second kappa shape index (κ2) is 11.9. The second-order valence-electron chi connectivity index (χ2n) is 8.90. The van der Waals surface area contributed by atoms with Crippen LogP contribution in [0, 0.1) is 6.92 Å². The molecule has 4 aromatic heterocycles. The number of nitrogens with one attached hydrogen (secondary N) is 1. The van der Waals surface area contributed by atoms with Crippen molar-refractivity contribution in [2.75, 3.05) is 25.2 Å². The zero-order valence-electron chi connectivity index (χ0n) is 21.8. The van der Waals surface area contributed by atoms with Crippen LogP contribution in [0.25, 0.3) is 28.1 Å². The summed E-state index contributed by atoms with van der Waals surface area (Å²) in [5, 5.41) is 21.6. The fourth-order valence-corrected chi connectivity index (χ4v) is 4.72. The maximum absolute atomic E-state index is 13.3. The highest BCUT2D eigenvalue weighted by Gasteiger charge is 2.18. The summed E-state index contributed by atoms with van der Waals surface area (Å²) in [5.41, 5.74) is 3.44. The fraction of sp³-hybridized carbons (Fsp3) is 0.192. The predicted octanol–water partition coefficient (Wildman–Crippen LogP) is 4.07. The first kappa shape index (κ1) is 28.0. The van der Waals surface area contributed by atoms with E-state index in [1.54, 1.807) is 34.9 Å². The Bertz CT molecular complexity index is 1750. The number of halogens is 2. The molecule has 0 fully saturated rings. The van der Waals surface area contributed by atoms with Gasteiger partial charge in [-0.2, -0.15) is 4.68 Å². The number of anilines is 1. The predicted molar refractivity (Wildman–Crippen MR) is 152 cm³/mol. The fourth-order valence-electron chi connectivity index (χ4n) is 4.29. The van der Waals surface area contributed by atoms with Crippen molar-refractivity contribution in [1.82, 2.24) is 39.7 Å². The van der Waals surface area contributed by atoms with Crippen molar-refractivity contribution in [3.05, 3.63) is 87.0 Å². The van der Waals surface area contributed by atoms with E-state index in [2.05, 4.69) is 30.5 Å². The third-order valence-electron chi connectivity index (χ3n) is 6.26.